The summed E-state index contributed by atoms with van der Waals surface area (Å²) in [7, 11) is 0. The van der Waals surface area contributed by atoms with Crippen molar-refractivity contribution in [2.75, 3.05) is 18.4 Å². The quantitative estimate of drug-likeness (QED) is 0.217. The van der Waals surface area contributed by atoms with Crippen LogP contribution in [0.3, 0.4) is 0 Å². The van der Waals surface area contributed by atoms with Crippen molar-refractivity contribution in [1.29, 1.82) is 0 Å². The molecule has 0 unspecified atom stereocenters. The fraction of sp³-hybridized carbons (Fsp3) is 0.500. The zero-order chi connectivity index (χ0) is 31.9. The van der Waals surface area contributed by atoms with Gasteiger partial charge in [-0.05, 0) is 90.6 Å². The highest BCUT2D eigenvalue weighted by atomic mass is 16.6. The lowest BCUT2D eigenvalue weighted by molar-refractivity contribution is 0.0555. The van der Waals surface area contributed by atoms with E-state index in [0.717, 1.165) is 12.1 Å². The third-order valence-corrected chi connectivity index (χ3v) is 6.55. The molecule has 12 nitrogen and oxygen atoms in total. The largest absolute Gasteiger partial charge is 0.444 e. The van der Waals surface area contributed by atoms with Gasteiger partial charge in [0.25, 0.3) is 0 Å². The van der Waals surface area contributed by atoms with Crippen LogP contribution in [0.1, 0.15) is 85.1 Å². The molecule has 4 rings (SSSR count). The monoisotopic (exact) mass is 605 g/mol. The number of benzene rings is 1. The molecule has 2 amide bonds. The van der Waals surface area contributed by atoms with Gasteiger partial charge in [-0.25, -0.2) is 14.6 Å². The van der Waals surface area contributed by atoms with Crippen molar-refractivity contribution in [3.63, 3.8) is 0 Å². The summed E-state index contributed by atoms with van der Waals surface area (Å²) in [4.78, 5) is 40.0. The SMILES string of the molecule is CCCCc1ccc(Nc2ccc(-c3noc([C@@H]4CCN(C(=NC(=O)OC(C)(C)C)NC(=O)OC(C)(C)C)C4)n3)cn2)cc1. The number of likely N-dealkylation sites (tertiary alicyclic amines) is 1. The van der Waals surface area contributed by atoms with E-state index in [4.69, 9.17) is 14.0 Å². The molecule has 0 bridgehead atoms. The van der Waals surface area contributed by atoms with E-state index in [1.54, 1.807) is 52.6 Å². The second-order valence-electron chi connectivity index (χ2n) is 12.8. The second kappa shape index (κ2) is 13.9. The maximum Gasteiger partial charge on any atom is 0.437 e. The summed E-state index contributed by atoms with van der Waals surface area (Å²) in [5.41, 5.74) is 1.54. The standard InChI is InChI=1S/C32H43N7O5/c1-8-9-10-21-11-14-24(15-12-21)34-25-16-13-22(19-33-25)26-35-27(44-38-26)23-17-18-39(20-23)28(36-29(40)42-31(2,3)4)37-30(41)43-32(5,6)7/h11-16,19,23H,8-10,17-18,20H2,1-7H3,(H,33,34)(H,36,37,40,41)/t23-/m1/s1. The van der Waals surface area contributed by atoms with E-state index in [2.05, 4.69) is 61.9 Å². The normalized spacial score (nSPS) is 15.7. The van der Waals surface area contributed by atoms with E-state index >= 15 is 0 Å². The summed E-state index contributed by atoms with van der Waals surface area (Å²) in [5.74, 6) is 1.47. The maximum absolute atomic E-state index is 12.5. The van der Waals surface area contributed by atoms with E-state index in [1.165, 1.54) is 18.4 Å². The minimum absolute atomic E-state index is 0.0404. The number of hydrogen-bond donors (Lipinski definition) is 2. The Kier molecular flexibility index (Phi) is 10.2. The first-order valence-electron chi connectivity index (χ1n) is 15.0. The zero-order valence-corrected chi connectivity index (χ0v) is 26.6. The molecule has 3 heterocycles. The minimum atomic E-state index is -0.818. The number of alkyl carbamates (subject to hydrolysis) is 1. The molecule has 1 atom stereocenters. The molecule has 0 radical (unpaired) electrons. The van der Waals surface area contributed by atoms with Gasteiger partial charge in [0.2, 0.25) is 17.7 Å². The molecule has 0 aliphatic carbocycles. The molecule has 1 aliphatic rings. The number of nitrogens with one attached hydrogen (secondary N) is 2. The van der Waals surface area contributed by atoms with Crippen molar-refractivity contribution in [2.45, 2.75) is 91.3 Å². The molecule has 236 valence electrons. The van der Waals surface area contributed by atoms with Gasteiger partial charge >= 0.3 is 12.2 Å². The van der Waals surface area contributed by atoms with Crippen molar-refractivity contribution in [1.82, 2.24) is 25.3 Å². The summed E-state index contributed by atoms with van der Waals surface area (Å²) in [6.07, 6.45) is 4.24. The zero-order valence-electron chi connectivity index (χ0n) is 26.6. The fourth-order valence-electron chi connectivity index (χ4n) is 4.50. The van der Waals surface area contributed by atoms with Gasteiger partial charge in [0, 0.05) is 30.5 Å². The van der Waals surface area contributed by atoms with Crippen LogP contribution in [0.4, 0.5) is 21.1 Å². The number of carbonyl (C=O) groups is 2. The third-order valence-electron chi connectivity index (χ3n) is 6.55. The molecular weight excluding hydrogens is 562 g/mol. The van der Waals surface area contributed by atoms with Crippen LogP contribution in [0.25, 0.3) is 11.4 Å². The number of ether oxygens (including phenoxy) is 2. The molecule has 1 saturated heterocycles. The number of aliphatic imine (C=N–C) groups is 1. The average Bonchev–Trinajstić information content (AvgIpc) is 3.61. The number of aryl methyl sites for hydroxylation is 1. The number of amides is 2. The van der Waals surface area contributed by atoms with Crippen molar-refractivity contribution >= 4 is 29.7 Å². The Morgan fingerprint density at radius 3 is 2.41 bits per heavy atom. The van der Waals surface area contributed by atoms with Gasteiger partial charge in [0.15, 0.2) is 0 Å². The van der Waals surface area contributed by atoms with Crippen LogP contribution in [0.15, 0.2) is 52.1 Å². The van der Waals surface area contributed by atoms with Crippen LogP contribution in [0.5, 0.6) is 0 Å². The lowest BCUT2D eigenvalue weighted by Crippen LogP contribution is -2.45. The highest BCUT2D eigenvalue weighted by molar-refractivity contribution is 5.99. The van der Waals surface area contributed by atoms with Crippen molar-refractivity contribution in [3.8, 4) is 11.4 Å². The summed E-state index contributed by atoms with van der Waals surface area (Å²) in [6.45, 7) is 13.6. The summed E-state index contributed by atoms with van der Waals surface area (Å²) < 4.78 is 16.3. The number of aromatic nitrogens is 3. The van der Waals surface area contributed by atoms with Gasteiger partial charge in [0.05, 0.1) is 5.92 Å². The Hall–Kier alpha value is -4.48. The first-order chi connectivity index (χ1) is 20.8. The molecule has 1 fully saturated rings. The summed E-state index contributed by atoms with van der Waals surface area (Å²) >= 11 is 0. The Bertz CT molecular complexity index is 1440. The highest BCUT2D eigenvalue weighted by Gasteiger charge is 2.32. The van der Waals surface area contributed by atoms with Gasteiger partial charge in [-0.3, -0.25) is 5.32 Å². The van der Waals surface area contributed by atoms with E-state index in [0.29, 0.717) is 42.6 Å². The van der Waals surface area contributed by atoms with Gasteiger partial charge in [-0.15, -0.1) is 4.99 Å². The minimum Gasteiger partial charge on any atom is -0.444 e. The lowest BCUT2D eigenvalue weighted by atomic mass is 10.1. The van der Waals surface area contributed by atoms with Gasteiger partial charge in [-0.2, -0.15) is 4.98 Å². The number of pyridine rings is 1. The van der Waals surface area contributed by atoms with Crippen molar-refractivity contribution in [3.05, 3.63) is 54.0 Å². The Labute approximate surface area is 258 Å². The number of carbonyl (C=O) groups excluding carboxylic acids is 2. The van der Waals surface area contributed by atoms with Crippen LogP contribution in [-0.2, 0) is 15.9 Å². The molecule has 0 saturated carbocycles. The van der Waals surface area contributed by atoms with E-state index in [-0.39, 0.29) is 11.9 Å². The molecule has 12 heteroatoms. The van der Waals surface area contributed by atoms with Crippen LogP contribution < -0.4 is 10.6 Å². The van der Waals surface area contributed by atoms with Crippen molar-refractivity contribution in [2.24, 2.45) is 4.99 Å². The molecule has 44 heavy (non-hydrogen) atoms. The van der Waals surface area contributed by atoms with Crippen LogP contribution in [-0.4, -0.2) is 62.5 Å². The maximum atomic E-state index is 12.5. The summed E-state index contributed by atoms with van der Waals surface area (Å²) in [6, 6.07) is 12.1. The van der Waals surface area contributed by atoms with Gasteiger partial charge in [-0.1, -0.05) is 30.6 Å². The molecular formula is C32H43N7O5. The number of unbranched alkanes of at least 4 members (excludes halogenated alkanes) is 1. The topological polar surface area (TPSA) is 144 Å². The van der Waals surface area contributed by atoms with Crippen LogP contribution in [0, 0.1) is 0 Å². The first-order valence-corrected chi connectivity index (χ1v) is 15.0. The Balaban J connectivity index is 1.40. The molecule has 2 N–H and O–H groups in total. The van der Waals surface area contributed by atoms with Gasteiger partial charge in [0.1, 0.15) is 17.0 Å². The second-order valence-corrected chi connectivity index (χ2v) is 12.8. The smallest absolute Gasteiger partial charge is 0.437 e. The molecule has 3 aromatic rings. The predicted octanol–water partition coefficient (Wildman–Crippen LogP) is 6.82. The van der Waals surface area contributed by atoms with E-state index < -0.39 is 23.4 Å². The van der Waals surface area contributed by atoms with E-state index in [1.807, 2.05) is 12.1 Å². The fourth-order valence-corrected chi connectivity index (χ4v) is 4.50. The number of hydrogen-bond acceptors (Lipinski definition) is 9. The van der Waals surface area contributed by atoms with Crippen LogP contribution in [0.2, 0.25) is 0 Å². The molecule has 1 aliphatic heterocycles. The molecule has 2 aromatic heterocycles. The molecule has 0 spiro atoms. The first kappa shape index (κ1) is 32.4. The van der Waals surface area contributed by atoms with Crippen LogP contribution >= 0.6 is 0 Å². The highest BCUT2D eigenvalue weighted by Crippen LogP contribution is 2.28. The van der Waals surface area contributed by atoms with Crippen molar-refractivity contribution < 1.29 is 23.6 Å². The van der Waals surface area contributed by atoms with E-state index in [9.17, 15) is 9.59 Å². The predicted molar refractivity (Wildman–Crippen MR) is 168 cm³/mol. The lowest BCUT2D eigenvalue weighted by Gasteiger charge is -2.24. The number of guanidine groups is 1. The number of nitrogens with zero attached hydrogens (tertiary/aromatic N) is 5. The summed E-state index contributed by atoms with van der Waals surface area (Å²) in [5, 5.41) is 10.1. The van der Waals surface area contributed by atoms with Gasteiger partial charge < -0.3 is 24.2 Å². The Morgan fingerprint density at radius 1 is 1.05 bits per heavy atom. The number of rotatable bonds is 7. The Morgan fingerprint density at radius 2 is 1.77 bits per heavy atom. The third kappa shape index (κ3) is 9.78. The number of anilines is 2. The molecule has 1 aromatic carbocycles. The average molecular weight is 606 g/mol.